The van der Waals surface area contributed by atoms with E-state index in [4.69, 9.17) is 9.47 Å². The SMILES string of the molecule is FC(F)(F)c1ccc(CCC2OC[CH]CO2)cc1. The highest BCUT2D eigenvalue weighted by Crippen LogP contribution is 2.29. The lowest BCUT2D eigenvalue weighted by atomic mass is 10.1. The molecular weight excluding hydrogens is 245 g/mol. The molecule has 99 valence electrons. The van der Waals surface area contributed by atoms with E-state index < -0.39 is 11.7 Å². The van der Waals surface area contributed by atoms with Crippen LogP contribution in [-0.4, -0.2) is 19.5 Å². The van der Waals surface area contributed by atoms with Crippen LogP contribution in [0.2, 0.25) is 0 Å². The van der Waals surface area contributed by atoms with Crippen molar-refractivity contribution in [3.63, 3.8) is 0 Å². The molecule has 0 N–H and O–H groups in total. The Kier molecular flexibility index (Phi) is 4.24. The zero-order chi connectivity index (χ0) is 13.0. The molecule has 0 aromatic heterocycles. The van der Waals surface area contributed by atoms with Crippen LogP contribution in [0.3, 0.4) is 0 Å². The smallest absolute Gasteiger partial charge is 0.352 e. The molecule has 1 heterocycles. The summed E-state index contributed by atoms with van der Waals surface area (Å²) in [5.41, 5.74) is 0.232. The first-order valence-electron chi connectivity index (χ1n) is 5.77. The molecule has 2 rings (SSSR count). The Morgan fingerprint density at radius 3 is 2.22 bits per heavy atom. The maximum Gasteiger partial charge on any atom is 0.416 e. The van der Waals surface area contributed by atoms with E-state index in [1.807, 2.05) is 6.42 Å². The van der Waals surface area contributed by atoms with Crippen molar-refractivity contribution in [1.82, 2.24) is 0 Å². The van der Waals surface area contributed by atoms with Crippen LogP contribution in [0.4, 0.5) is 13.2 Å². The van der Waals surface area contributed by atoms with Gasteiger partial charge in [0.15, 0.2) is 6.29 Å². The van der Waals surface area contributed by atoms with Crippen LogP contribution >= 0.6 is 0 Å². The highest BCUT2D eigenvalue weighted by atomic mass is 19.4. The summed E-state index contributed by atoms with van der Waals surface area (Å²) in [6.07, 6.45) is -1.35. The Balaban J connectivity index is 1.86. The third kappa shape index (κ3) is 3.71. The lowest BCUT2D eigenvalue weighted by Crippen LogP contribution is -2.25. The molecule has 1 aliphatic rings. The first-order valence-corrected chi connectivity index (χ1v) is 5.77. The Morgan fingerprint density at radius 1 is 1.06 bits per heavy atom. The molecule has 0 spiro atoms. The summed E-state index contributed by atoms with van der Waals surface area (Å²) < 4.78 is 47.7. The summed E-state index contributed by atoms with van der Waals surface area (Å²) in [5.74, 6) is 0. The predicted octanol–water partition coefficient (Wildman–Crippen LogP) is 3.22. The molecule has 0 amide bonds. The van der Waals surface area contributed by atoms with Gasteiger partial charge in [-0.2, -0.15) is 13.2 Å². The Bertz CT molecular complexity index is 367. The highest BCUT2D eigenvalue weighted by molar-refractivity contribution is 5.24. The van der Waals surface area contributed by atoms with Crippen molar-refractivity contribution >= 4 is 0 Å². The van der Waals surface area contributed by atoms with E-state index >= 15 is 0 Å². The molecule has 0 bridgehead atoms. The largest absolute Gasteiger partial charge is 0.416 e. The average molecular weight is 259 g/mol. The summed E-state index contributed by atoms with van der Waals surface area (Å²) >= 11 is 0. The second-order valence-electron chi connectivity index (χ2n) is 4.12. The average Bonchev–Trinajstić information content (AvgIpc) is 2.37. The zero-order valence-corrected chi connectivity index (χ0v) is 9.74. The summed E-state index contributed by atoms with van der Waals surface area (Å²) in [6.45, 7) is 1.13. The molecule has 1 aromatic rings. The normalized spacial score (nSPS) is 17.9. The molecule has 1 saturated heterocycles. The van der Waals surface area contributed by atoms with E-state index in [2.05, 4.69) is 0 Å². The van der Waals surface area contributed by atoms with E-state index in [-0.39, 0.29) is 6.29 Å². The third-order valence-electron chi connectivity index (χ3n) is 2.75. The molecule has 1 radical (unpaired) electrons. The van der Waals surface area contributed by atoms with Gasteiger partial charge < -0.3 is 9.47 Å². The summed E-state index contributed by atoms with van der Waals surface area (Å²) in [7, 11) is 0. The van der Waals surface area contributed by atoms with E-state index in [9.17, 15) is 13.2 Å². The van der Waals surface area contributed by atoms with E-state index in [1.54, 1.807) is 0 Å². The van der Waals surface area contributed by atoms with E-state index in [1.165, 1.54) is 12.1 Å². The van der Waals surface area contributed by atoms with Gasteiger partial charge in [0.2, 0.25) is 0 Å². The number of halogens is 3. The van der Waals surface area contributed by atoms with Crippen molar-refractivity contribution in [3.05, 3.63) is 41.8 Å². The van der Waals surface area contributed by atoms with Gasteiger partial charge in [-0.1, -0.05) is 12.1 Å². The number of hydrogen-bond donors (Lipinski definition) is 0. The zero-order valence-electron chi connectivity index (χ0n) is 9.74. The van der Waals surface area contributed by atoms with Gasteiger partial charge in [-0.3, -0.25) is 0 Å². The van der Waals surface area contributed by atoms with Crippen molar-refractivity contribution in [2.75, 3.05) is 13.2 Å². The molecule has 5 heteroatoms. The minimum atomic E-state index is -4.27. The fraction of sp³-hybridized carbons (Fsp3) is 0.462. The van der Waals surface area contributed by atoms with Crippen LogP contribution in [0.1, 0.15) is 17.5 Å². The molecule has 1 fully saturated rings. The molecule has 0 saturated carbocycles. The Hall–Kier alpha value is -1.07. The highest BCUT2D eigenvalue weighted by Gasteiger charge is 2.29. The van der Waals surface area contributed by atoms with Crippen molar-refractivity contribution < 1.29 is 22.6 Å². The van der Waals surface area contributed by atoms with Crippen LogP contribution < -0.4 is 0 Å². The van der Waals surface area contributed by atoms with Gasteiger partial charge in [-0.25, -0.2) is 0 Å². The van der Waals surface area contributed by atoms with Crippen LogP contribution in [0.15, 0.2) is 24.3 Å². The molecule has 18 heavy (non-hydrogen) atoms. The second-order valence-corrected chi connectivity index (χ2v) is 4.12. The van der Waals surface area contributed by atoms with Crippen LogP contribution in [0.5, 0.6) is 0 Å². The number of ether oxygens (including phenoxy) is 2. The first-order chi connectivity index (χ1) is 8.55. The topological polar surface area (TPSA) is 18.5 Å². The maximum atomic E-state index is 12.4. The second kappa shape index (κ2) is 5.71. The minimum Gasteiger partial charge on any atom is -0.352 e. The minimum absolute atomic E-state index is 0.253. The lowest BCUT2D eigenvalue weighted by molar-refractivity contribution is -0.161. The molecule has 0 atom stereocenters. The van der Waals surface area contributed by atoms with Crippen molar-refractivity contribution in [3.8, 4) is 0 Å². The van der Waals surface area contributed by atoms with Gasteiger partial charge in [0.1, 0.15) is 0 Å². The van der Waals surface area contributed by atoms with Crippen LogP contribution in [0, 0.1) is 6.42 Å². The number of benzene rings is 1. The maximum absolute atomic E-state index is 12.4. The van der Waals surface area contributed by atoms with E-state index in [0.29, 0.717) is 26.1 Å². The van der Waals surface area contributed by atoms with Crippen LogP contribution in [0.25, 0.3) is 0 Å². The van der Waals surface area contributed by atoms with Gasteiger partial charge in [0, 0.05) is 12.8 Å². The number of rotatable bonds is 3. The molecule has 2 nitrogen and oxygen atoms in total. The Labute approximate surface area is 104 Å². The van der Waals surface area contributed by atoms with Crippen molar-refractivity contribution in [2.45, 2.75) is 25.3 Å². The molecule has 0 unspecified atom stereocenters. The fourth-order valence-corrected chi connectivity index (χ4v) is 1.76. The van der Waals surface area contributed by atoms with Gasteiger partial charge >= 0.3 is 6.18 Å². The molecule has 0 aliphatic carbocycles. The van der Waals surface area contributed by atoms with Gasteiger partial charge in [0.05, 0.1) is 18.8 Å². The molecule has 1 aliphatic heterocycles. The van der Waals surface area contributed by atoms with Gasteiger partial charge in [-0.05, 0) is 24.1 Å². The molecular formula is C13H14F3O2. The quantitative estimate of drug-likeness (QED) is 0.829. The predicted molar refractivity (Wildman–Crippen MR) is 59.8 cm³/mol. The standard InChI is InChI=1S/C13H14F3O2/c14-13(15,16)11-5-2-10(3-6-11)4-7-12-17-8-1-9-18-12/h1-3,5-6,12H,4,7-9H2. The lowest BCUT2D eigenvalue weighted by Gasteiger charge is -2.22. The number of alkyl halides is 3. The fourth-order valence-electron chi connectivity index (χ4n) is 1.76. The van der Waals surface area contributed by atoms with E-state index in [0.717, 1.165) is 17.7 Å². The summed E-state index contributed by atoms with van der Waals surface area (Å²) in [5, 5.41) is 0. The van der Waals surface area contributed by atoms with Gasteiger partial charge in [0.25, 0.3) is 0 Å². The summed E-state index contributed by atoms with van der Waals surface area (Å²) in [4.78, 5) is 0. The summed E-state index contributed by atoms with van der Waals surface area (Å²) in [6, 6.07) is 5.20. The third-order valence-corrected chi connectivity index (χ3v) is 2.75. The number of hydrogen-bond acceptors (Lipinski definition) is 2. The Morgan fingerprint density at radius 2 is 1.67 bits per heavy atom. The molecule has 1 aromatic carbocycles. The number of aryl methyl sites for hydroxylation is 1. The first kappa shape index (κ1) is 13.4. The van der Waals surface area contributed by atoms with Gasteiger partial charge in [-0.15, -0.1) is 0 Å². The monoisotopic (exact) mass is 259 g/mol. The van der Waals surface area contributed by atoms with Crippen molar-refractivity contribution in [1.29, 1.82) is 0 Å². The van der Waals surface area contributed by atoms with Crippen LogP contribution in [-0.2, 0) is 22.1 Å². The van der Waals surface area contributed by atoms with Crippen molar-refractivity contribution in [2.24, 2.45) is 0 Å².